The van der Waals surface area contributed by atoms with Crippen molar-refractivity contribution < 1.29 is 42.2 Å². The van der Waals surface area contributed by atoms with E-state index in [9.17, 15) is 37.5 Å². The van der Waals surface area contributed by atoms with E-state index in [1.54, 1.807) is 0 Å². The number of hydrogen-bond acceptors (Lipinski definition) is 6. The Hall–Kier alpha value is -3.73. The monoisotopic (exact) mass is 558 g/mol. The fourth-order valence-electron chi connectivity index (χ4n) is 6.61. The van der Waals surface area contributed by atoms with Crippen LogP contribution in [-0.4, -0.2) is 40.6 Å². The Labute approximate surface area is 228 Å². The highest BCUT2D eigenvalue weighted by atomic mass is 19.4. The highest BCUT2D eigenvalue weighted by Gasteiger charge is 2.69. The lowest BCUT2D eigenvalue weighted by Crippen LogP contribution is -2.57. The first-order valence-corrected chi connectivity index (χ1v) is 13.3. The summed E-state index contributed by atoms with van der Waals surface area (Å²) in [6.45, 7) is 1.38. The molecule has 3 fully saturated rings. The number of benzene rings is 2. The predicted octanol–water partition coefficient (Wildman–Crippen LogP) is 5.03. The molecule has 0 bridgehead atoms. The first-order chi connectivity index (χ1) is 18.9. The lowest BCUT2D eigenvalue weighted by Gasteiger charge is -2.35. The van der Waals surface area contributed by atoms with Crippen molar-refractivity contribution in [3.8, 4) is 5.75 Å². The molecule has 40 heavy (non-hydrogen) atoms. The molecular weight excluding hydrogens is 529 g/mol. The summed E-state index contributed by atoms with van der Waals surface area (Å²) in [6, 6.07) is 9.85. The smallest absolute Gasteiger partial charge is 0.480 e. The van der Waals surface area contributed by atoms with Gasteiger partial charge in [0.15, 0.2) is 5.78 Å². The van der Waals surface area contributed by atoms with Crippen LogP contribution < -0.4 is 15.0 Å². The summed E-state index contributed by atoms with van der Waals surface area (Å²) in [5, 5.41) is 13.7. The number of ether oxygens (including phenoxy) is 1. The maximum Gasteiger partial charge on any atom is 0.573 e. The molecule has 3 aliphatic rings. The molecule has 5 rings (SSSR count). The number of hydrogen-bond donors (Lipinski definition) is 2. The second kappa shape index (κ2) is 10.3. The maximum atomic E-state index is 14.0. The van der Waals surface area contributed by atoms with Gasteiger partial charge in [0.2, 0.25) is 11.8 Å². The molecule has 0 spiro atoms. The van der Waals surface area contributed by atoms with E-state index in [0.717, 1.165) is 49.1 Å². The number of alkyl halides is 3. The minimum absolute atomic E-state index is 0.00319. The molecule has 4 atom stereocenters. The van der Waals surface area contributed by atoms with E-state index in [4.69, 9.17) is 0 Å². The van der Waals surface area contributed by atoms with E-state index in [2.05, 4.69) is 10.1 Å². The molecule has 1 saturated carbocycles. The van der Waals surface area contributed by atoms with Crippen LogP contribution in [0, 0.1) is 17.8 Å². The summed E-state index contributed by atoms with van der Waals surface area (Å²) < 4.78 is 42.9. The normalized spacial score (nSPS) is 27.1. The average molecular weight is 559 g/mol. The zero-order valence-corrected chi connectivity index (χ0v) is 21.7. The summed E-state index contributed by atoms with van der Waals surface area (Å²) in [5.74, 6) is -5.82. The summed E-state index contributed by atoms with van der Waals surface area (Å²) in [7, 11) is 0. The molecule has 212 valence electrons. The van der Waals surface area contributed by atoms with Crippen molar-refractivity contribution in [3.05, 3.63) is 59.7 Å². The number of carbonyl (C=O) groups is 4. The molecule has 4 unspecified atom stereocenters. The van der Waals surface area contributed by atoms with Gasteiger partial charge in [0.1, 0.15) is 11.3 Å². The molecule has 1 aliphatic carbocycles. The number of fused-ring (bicyclic) bond motifs is 1. The number of imide groups is 1. The lowest BCUT2D eigenvalue weighted by atomic mass is 9.72. The van der Waals surface area contributed by atoms with Crippen molar-refractivity contribution >= 4 is 29.3 Å². The van der Waals surface area contributed by atoms with Crippen LogP contribution in [0.2, 0.25) is 0 Å². The Morgan fingerprint density at radius 2 is 1.73 bits per heavy atom. The zero-order chi connectivity index (χ0) is 28.8. The minimum Gasteiger partial charge on any atom is -0.480 e. The SMILES string of the molecule is CC(=O)c1ccc(N2C(=O)C3C(c4cccc(OC(F)(F)F)c4)NC(CC4CCCCC4)(C(=O)O)C3C2=O)cc1. The number of rotatable bonds is 7. The highest BCUT2D eigenvalue weighted by molar-refractivity contribution is 6.24. The number of ketones is 1. The Kier molecular flexibility index (Phi) is 7.20. The summed E-state index contributed by atoms with van der Waals surface area (Å²) >= 11 is 0. The molecule has 2 N–H and O–H groups in total. The number of carboxylic acids is 1. The number of aliphatic carboxylic acids is 1. The molecule has 2 aromatic carbocycles. The van der Waals surface area contributed by atoms with Gasteiger partial charge in [-0.1, -0.05) is 44.2 Å². The number of nitrogens with zero attached hydrogens (tertiary/aromatic N) is 1. The Morgan fingerprint density at radius 1 is 1.05 bits per heavy atom. The molecule has 0 radical (unpaired) electrons. The van der Waals surface area contributed by atoms with Gasteiger partial charge in [-0.15, -0.1) is 13.2 Å². The molecular formula is C29H29F3N2O6. The lowest BCUT2D eigenvalue weighted by molar-refractivity contribution is -0.274. The topological polar surface area (TPSA) is 113 Å². The van der Waals surface area contributed by atoms with Crippen LogP contribution in [-0.2, 0) is 14.4 Å². The van der Waals surface area contributed by atoms with E-state index < -0.39 is 53.3 Å². The third-order valence-electron chi connectivity index (χ3n) is 8.35. The van der Waals surface area contributed by atoms with Crippen molar-refractivity contribution in [1.29, 1.82) is 0 Å². The predicted molar refractivity (Wildman–Crippen MR) is 136 cm³/mol. The molecule has 2 amide bonds. The molecule has 2 aliphatic heterocycles. The number of Topliss-reactive ketones (excluding diaryl/α,β-unsaturated/α-hetero) is 1. The molecule has 11 heteroatoms. The Morgan fingerprint density at radius 3 is 2.33 bits per heavy atom. The first kappa shape index (κ1) is 27.8. The molecule has 2 heterocycles. The summed E-state index contributed by atoms with van der Waals surface area (Å²) in [6.07, 6.45) is -0.385. The van der Waals surface area contributed by atoms with Gasteiger partial charge in [-0.25, -0.2) is 4.90 Å². The summed E-state index contributed by atoms with van der Waals surface area (Å²) in [5.41, 5.74) is -1.03. The van der Waals surface area contributed by atoms with Gasteiger partial charge in [-0.2, -0.15) is 0 Å². The Bertz CT molecular complexity index is 1340. The molecule has 8 nitrogen and oxygen atoms in total. The van der Waals surface area contributed by atoms with Gasteiger partial charge in [0.25, 0.3) is 0 Å². The maximum absolute atomic E-state index is 14.0. The van der Waals surface area contributed by atoms with Crippen LogP contribution >= 0.6 is 0 Å². The van der Waals surface area contributed by atoms with Crippen molar-refractivity contribution in [2.45, 2.75) is 63.4 Å². The number of nitrogens with one attached hydrogen (secondary N) is 1. The zero-order valence-electron chi connectivity index (χ0n) is 21.7. The van der Waals surface area contributed by atoms with Crippen molar-refractivity contribution in [2.75, 3.05) is 4.90 Å². The second-order valence-electron chi connectivity index (χ2n) is 10.8. The van der Waals surface area contributed by atoms with Gasteiger partial charge in [0, 0.05) is 11.6 Å². The third-order valence-corrected chi connectivity index (χ3v) is 8.35. The third kappa shape index (κ3) is 4.98. The minimum atomic E-state index is -4.95. The number of amides is 2. The van der Waals surface area contributed by atoms with Crippen LogP contribution in [0.25, 0.3) is 0 Å². The van der Waals surface area contributed by atoms with Gasteiger partial charge in [-0.05, 0) is 61.2 Å². The average Bonchev–Trinajstić information content (AvgIpc) is 3.38. The van der Waals surface area contributed by atoms with E-state index in [0.29, 0.717) is 5.56 Å². The fraction of sp³-hybridized carbons (Fsp3) is 0.448. The second-order valence-corrected chi connectivity index (χ2v) is 10.8. The van der Waals surface area contributed by atoms with Crippen LogP contribution in [0.1, 0.15) is 67.4 Å². The highest BCUT2D eigenvalue weighted by Crippen LogP contribution is 2.53. The van der Waals surface area contributed by atoms with E-state index in [1.807, 2.05) is 0 Å². The van der Waals surface area contributed by atoms with Crippen LogP contribution in [0.5, 0.6) is 5.75 Å². The van der Waals surface area contributed by atoms with Crippen LogP contribution in [0.15, 0.2) is 48.5 Å². The van der Waals surface area contributed by atoms with E-state index in [1.165, 1.54) is 43.3 Å². The molecule has 0 aromatic heterocycles. The Balaban J connectivity index is 1.59. The van der Waals surface area contributed by atoms with Gasteiger partial charge in [-0.3, -0.25) is 24.5 Å². The molecule has 2 saturated heterocycles. The quantitative estimate of drug-likeness (QED) is 0.362. The number of carbonyl (C=O) groups excluding carboxylic acids is 3. The van der Waals surface area contributed by atoms with Gasteiger partial charge < -0.3 is 9.84 Å². The van der Waals surface area contributed by atoms with Crippen LogP contribution in [0.3, 0.4) is 0 Å². The van der Waals surface area contributed by atoms with Gasteiger partial charge in [0.05, 0.1) is 17.5 Å². The first-order valence-electron chi connectivity index (χ1n) is 13.3. The van der Waals surface area contributed by atoms with Crippen molar-refractivity contribution in [2.24, 2.45) is 17.8 Å². The van der Waals surface area contributed by atoms with Crippen LogP contribution in [0.4, 0.5) is 18.9 Å². The van der Waals surface area contributed by atoms with E-state index in [-0.39, 0.29) is 29.4 Å². The largest absolute Gasteiger partial charge is 0.573 e. The summed E-state index contributed by atoms with van der Waals surface area (Å²) in [4.78, 5) is 53.6. The molecule has 2 aromatic rings. The number of carboxylic acid groups (broad SMARTS) is 1. The standard InChI is InChI=1S/C29H29F3N2O6/c1-16(35)18-10-12-20(13-11-18)34-25(36)22-23(26(34)37)28(27(38)39,15-17-6-3-2-4-7-17)33-24(22)19-8-5-9-21(14-19)40-29(30,31)32/h5,8-14,17,22-24,33H,2-4,6-7,15H2,1H3,(H,38,39). The fourth-order valence-corrected chi connectivity index (χ4v) is 6.61. The van der Waals surface area contributed by atoms with Gasteiger partial charge >= 0.3 is 12.3 Å². The number of halogens is 3. The van der Waals surface area contributed by atoms with Crippen molar-refractivity contribution in [3.63, 3.8) is 0 Å². The van der Waals surface area contributed by atoms with Crippen molar-refractivity contribution in [1.82, 2.24) is 5.32 Å². The number of anilines is 1. The van der Waals surface area contributed by atoms with E-state index >= 15 is 0 Å².